The van der Waals surface area contributed by atoms with Gasteiger partial charge in [0, 0.05) is 19.3 Å². The van der Waals surface area contributed by atoms with Crippen molar-refractivity contribution in [2.45, 2.75) is 411 Å². The SMILES string of the molecule is CC/C=C\C/C=C\C/C=C\C/C=C\C/C=C\C/C=C\CCCCCCCCCCCCCCCCC(=O)OCC(O)COP(=O)(O)OCC(O)COP(=O)(O)OCC(COC(=O)CCCCCCCCCCCCCCCCC/C=C\C/C=C\C/C=C\C/C=C\C/C=C\CC)OC(=O)CCCCCCC/C=C\CCCCCCCC. The summed E-state index contributed by atoms with van der Waals surface area (Å²) in [4.78, 5) is 58.9. The van der Waals surface area contributed by atoms with Crippen LogP contribution in [-0.4, -0.2) is 95.9 Å². The maximum atomic E-state index is 13.0. The number of aliphatic hydroxyl groups is 2. The van der Waals surface area contributed by atoms with Crippen LogP contribution in [0.2, 0.25) is 0 Å². The summed E-state index contributed by atoms with van der Waals surface area (Å²) >= 11 is 0. The van der Waals surface area contributed by atoms with Crippen molar-refractivity contribution in [3.8, 4) is 0 Å². The predicted molar refractivity (Wildman–Crippen MR) is 482 cm³/mol. The Morgan fingerprint density at radius 1 is 0.252 bits per heavy atom. The van der Waals surface area contributed by atoms with Gasteiger partial charge in [0.25, 0.3) is 0 Å². The van der Waals surface area contributed by atoms with E-state index < -0.39 is 91.5 Å². The van der Waals surface area contributed by atoms with E-state index in [0.29, 0.717) is 19.3 Å². The highest BCUT2D eigenvalue weighted by Gasteiger charge is 2.29. The van der Waals surface area contributed by atoms with Crippen LogP contribution in [0.15, 0.2) is 146 Å². The maximum Gasteiger partial charge on any atom is 0.472 e. The van der Waals surface area contributed by atoms with Gasteiger partial charge >= 0.3 is 33.6 Å². The molecule has 0 aromatic heterocycles. The lowest BCUT2D eigenvalue weighted by Crippen LogP contribution is -2.30. The topological polar surface area (TPSA) is 231 Å². The first kappa shape index (κ1) is 110. The number of carbonyl (C=O) groups excluding carboxylic acids is 3. The average Bonchev–Trinajstić information content (AvgIpc) is 0.898. The van der Waals surface area contributed by atoms with Crippen LogP contribution < -0.4 is 0 Å². The van der Waals surface area contributed by atoms with Crippen molar-refractivity contribution in [1.82, 2.24) is 0 Å². The van der Waals surface area contributed by atoms with E-state index in [1.165, 1.54) is 180 Å². The van der Waals surface area contributed by atoms with Crippen LogP contribution in [-0.2, 0) is 55.8 Å². The Bertz CT molecular complexity index is 2670. The molecule has 0 aromatic rings. The van der Waals surface area contributed by atoms with Crippen molar-refractivity contribution in [3.63, 3.8) is 0 Å². The minimum atomic E-state index is -4.94. The lowest BCUT2D eigenvalue weighted by molar-refractivity contribution is -0.161. The Hall–Kier alpha value is -4.57. The summed E-state index contributed by atoms with van der Waals surface area (Å²) in [6.45, 7) is 2.49. The summed E-state index contributed by atoms with van der Waals surface area (Å²) in [6.07, 6.45) is 112. The van der Waals surface area contributed by atoms with Crippen LogP contribution in [0.25, 0.3) is 0 Å². The number of rotatable bonds is 87. The molecule has 0 spiro atoms. The summed E-state index contributed by atoms with van der Waals surface area (Å²) in [5.74, 6) is -1.57. The Morgan fingerprint density at radius 3 is 0.739 bits per heavy atom. The zero-order valence-corrected chi connectivity index (χ0v) is 74.7. The summed E-state index contributed by atoms with van der Waals surface area (Å²) in [7, 11) is -9.80. The number of esters is 3. The molecule has 0 rings (SSSR count). The fraction of sp³-hybridized carbons (Fsp3) is 0.722. The molecule has 0 heterocycles. The fourth-order valence-electron chi connectivity index (χ4n) is 12.6. The molecule has 0 radical (unpaired) electrons. The molecule has 0 amide bonds. The third kappa shape index (κ3) is 90.0. The molecule has 0 aliphatic carbocycles. The number of ether oxygens (including phenoxy) is 3. The first-order valence-corrected chi connectivity index (χ1v) is 49.1. The third-order valence-electron chi connectivity index (χ3n) is 19.5. The van der Waals surface area contributed by atoms with E-state index in [4.69, 9.17) is 32.3 Å². The number of aliphatic hydroxyl groups excluding tert-OH is 2. The number of phosphoric ester groups is 2. The highest BCUT2D eigenvalue weighted by Crippen LogP contribution is 2.45. The van der Waals surface area contributed by atoms with Crippen molar-refractivity contribution in [3.05, 3.63) is 146 Å². The Morgan fingerprint density at radius 2 is 0.461 bits per heavy atom. The summed E-state index contributed by atoms with van der Waals surface area (Å²) in [5.41, 5.74) is 0. The molecule has 4 N–H and O–H groups in total. The first-order chi connectivity index (χ1) is 56.2. The molecule has 18 heteroatoms. The molecular weight excluding hydrogens is 1480 g/mol. The molecule has 0 bridgehead atoms. The smallest absolute Gasteiger partial charge is 0.463 e. The fourth-order valence-corrected chi connectivity index (χ4v) is 14.2. The number of phosphoric acid groups is 2. The van der Waals surface area contributed by atoms with Crippen molar-refractivity contribution < 1.29 is 75.8 Å². The van der Waals surface area contributed by atoms with Gasteiger partial charge in [-0.05, 0) is 141 Å². The molecule has 5 atom stereocenters. The van der Waals surface area contributed by atoms with E-state index in [1.807, 2.05) is 0 Å². The van der Waals surface area contributed by atoms with Crippen LogP contribution in [0.4, 0.5) is 0 Å². The third-order valence-corrected chi connectivity index (χ3v) is 21.4. The van der Waals surface area contributed by atoms with Crippen molar-refractivity contribution in [2.75, 3.05) is 39.6 Å². The lowest BCUT2D eigenvalue weighted by Gasteiger charge is -2.21. The Balaban J connectivity index is 4.45. The molecule has 0 fully saturated rings. The maximum absolute atomic E-state index is 13.0. The first-order valence-electron chi connectivity index (χ1n) is 46.1. The van der Waals surface area contributed by atoms with Gasteiger partial charge in [-0.1, -0.05) is 378 Å². The van der Waals surface area contributed by atoms with Crippen molar-refractivity contribution in [2.24, 2.45) is 0 Å². The largest absolute Gasteiger partial charge is 0.472 e. The molecule has 0 aliphatic heterocycles. The average molecular weight is 1650 g/mol. The van der Waals surface area contributed by atoms with Gasteiger partial charge in [-0.15, -0.1) is 0 Å². The van der Waals surface area contributed by atoms with E-state index in [1.54, 1.807) is 0 Å². The van der Waals surface area contributed by atoms with Crippen molar-refractivity contribution >= 4 is 33.6 Å². The van der Waals surface area contributed by atoms with Crippen LogP contribution in [0.5, 0.6) is 0 Å². The van der Waals surface area contributed by atoms with Crippen LogP contribution in [0, 0.1) is 0 Å². The van der Waals surface area contributed by atoms with Gasteiger partial charge in [0.2, 0.25) is 0 Å². The predicted octanol–water partition coefficient (Wildman–Crippen LogP) is 28.3. The van der Waals surface area contributed by atoms with Crippen LogP contribution in [0.1, 0.15) is 393 Å². The van der Waals surface area contributed by atoms with Gasteiger partial charge in [0.15, 0.2) is 6.10 Å². The molecule has 0 saturated heterocycles. The van der Waals surface area contributed by atoms with Gasteiger partial charge in [-0.25, -0.2) is 9.13 Å². The summed E-state index contributed by atoms with van der Waals surface area (Å²) in [5, 5.41) is 20.7. The molecule has 0 saturated carbocycles. The quantitative estimate of drug-likeness (QED) is 0.0146. The second kappa shape index (κ2) is 88.7. The summed E-state index contributed by atoms with van der Waals surface area (Å²) in [6, 6.07) is 0. The highest BCUT2D eigenvalue weighted by molar-refractivity contribution is 7.47. The normalized spacial score (nSPS) is 14.5. The highest BCUT2D eigenvalue weighted by atomic mass is 31.2. The Labute approximate surface area is 702 Å². The number of hydrogen-bond acceptors (Lipinski definition) is 14. The molecule has 115 heavy (non-hydrogen) atoms. The van der Waals surface area contributed by atoms with E-state index in [0.717, 1.165) is 154 Å². The second-order valence-electron chi connectivity index (χ2n) is 30.7. The van der Waals surface area contributed by atoms with Gasteiger partial charge in [-0.3, -0.25) is 32.5 Å². The monoisotopic (exact) mass is 1650 g/mol. The second-order valence-corrected chi connectivity index (χ2v) is 33.6. The molecular formula is C97H168O16P2. The van der Waals surface area contributed by atoms with E-state index >= 15 is 0 Å². The zero-order chi connectivity index (χ0) is 83.6. The molecule has 5 unspecified atom stereocenters. The molecule has 0 aromatic carbocycles. The minimum absolute atomic E-state index is 0.0950. The lowest BCUT2D eigenvalue weighted by atomic mass is 10.0. The summed E-state index contributed by atoms with van der Waals surface area (Å²) < 4.78 is 61.4. The van der Waals surface area contributed by atoms with Crippen molar-refractivity contribution in [1.29, 1.82) is 0 Å². The number of unbranched alkanes of at least 4 members (excludes halogenated alkanes) is 40. The minimum Gasteiger partial charge on any atom is -0.463 e. The van der Waals surface area contributed by atoms with Crippen LogP contribution in [0.3, 0.4) is 0 Å². The molecule has 0 aliphatic rings. The van der Waals surface area contributed by atoms with E-state index in [2.05, 4.69) is 167 Å². The Kier molecular flexibility index (Phi) is 85.2. The number of carbonyl (C=O) groups is 3. The number of hydrogen-bond donors (Lipinski definition) is 4. The molecule has 16 nitrogen and oxygen atoms in total. The van der Waals surface area contributed by atoms with E-state index in [-0.39, 0.29) is 19.3 Å². The van der Waals surface area contributed by atoms with Gasteiger partial charge in [-0.2, -0.15) is 0 Å². The van der Waals surface area contributed by atoms with E-state index in [9.17, 15) is 43.5 Å². The van der Waals surface area contributed by atoms with Gasteiger partial charge in [0.1, 0.15) is 25.4 Å². The molecule has 662 valence electrons. The van der Waals surface area contributed by atoms with Crippen LogP contribution >= 0.6 is 15.6 Å². The van der Waals surface area contributed by atoms with Gasteiger partial charge in [0.05, 0.1) is 26.4 Å². The van der Waals surface area contributed by atoms with Gasteiger partial charge < -0.3 is 34.2 Å². The number of allylic oxidation sites excluding steroid dienone is 24. The standard InChI is InChI=1S/C97H168O16P2/c1-4-7-10-13-16-19-22-25-28-30-32-34-36-38-40-42-44-45-47-49-50-52-54-56-58-60-63-65-68-71-74-77-80-83-95(100)107-86-92(98)87-109-114(103,104)110-88-93(99)89-111-115(105,106)112-91-94(113-97(102)85-82-79-76-73-70-67-62-27-24-21-18-15-12-9-6-3)90-108-96(101)84-81-78-75-72-69-66-64-61-59-57-55-53-51-48-46-43-41-39-37-35-33-31-29-26-23-20-17-14-11-8-5-2/h7-8,10-11,16-17,19-20,25-29,32-35,38-41,44-45,62,92-94,98-99H,4-6,9,12-15,18,21-24,30-31,36-37,42-43,46-61,63-91H2,1-3H3,(H,103,104)(H,105,106)/b10-7-,11-8-,19-16-,20-17-,28-25-,29-26-,34-32-,35-33-,40-38-,41-39-,45-44-,62-27-. The zero-order valence-electron chi connectivity index (χ0n) is 72.9.